The van der Waals surface area contributed by atoms with E-state index in [0.29, 0.717) is 11.9 Å². The Labute approximate surface area is 96.6 Å². The summed E-state index contributed by atoms with van der Waals surface area (Å²) < 4.78 is 5.12. The molecule has 0 spiro atoms. The van der Waals surface area contributed by atoms with Crippen LogP contribution in [0.5, 0.6) is 5.88 Å². The zero-order valence-electron chi connectivity index (χ0n) is 9.94. The van der Waals surface area contributed by atoms with Gasteiger partial charge < -0.3 is 10.1 Å². The summed E-state index contributed by atoms with van der Waals surface area (Å²) >= 11 is 0. The number of pyridine rings is 1. The summed E-state index contributed by atoms with van der Waals surface area (Å²) in [4.78, 5) is 6.85. The fourth-order valence-electron chi connectivity index (χ4n) is 2.04. The van der Waals surface area contributed by atoms with Crippen LogP contribution in [0, 0.1) is 0 Å². The van der Waals surface area contributed by atoms with Gasteiger partial charge in [0.25, 0.3) is 0 Å². The summed E-state index contributed by atoms with van der Waals surface area (Å²) in [5.74, 6) is 0.695. The number of methoxy groups -OCH3 is 1. The Morgan fingerprint density at radius 3 is 3.19 bits per heavy atom. The molecule has 0 saturated carbocycles. The molecule has 0 radical (unpaired) electrons. The molecule has 1 aromatic heterocycles. The SMILES string of the molecule is COc1cccc(CN2CCN[C@@H](C)C2)n1. The van der Waals surface area contributed by atoms with Gasteiger partial charge in [0.05, 0.1) is 12.8 Å². The van der Waals surface area contributed by atoms with E-state index in [2.05, 4.69) is 28.2 Å². The molecule has 1 aliphatic heterocycles. The molecule has 1 atom stereocenters. The van der Waals surface area contributed by atoms with E-state index in [1.165, 1.54) is 0 Å². The van der Waals surface area contributed by atoms with Crippen LogP contribution in [0.1, 0.15) is 12.6 Å². The summed E-state index contributed by atoms with van der Waals surface area (Å²) in [5, 5.41) is 3.43. The van der Waals surface area contributed by atoms with Crippen LogP contribution < -0.4 is 10.1 Å². The molecule has 0 bridgehead atoms. The van der Waals surface area contributed by atoms with Gasteiger partial charge in [-0.15, -0.1) is 0 Å². The highest BCUT2D eigenvalue weighted by Crippen LogP contribution is 2.10. The molecule has 0 unspecified atom stereocenters. The van der Waals surface area contributed by atoms with Crippen molar-refractivity contribution >= 4 is 0 Å². The first-order valence-corrected chi connectivity index (χ1v) is 5.73. The summed E-state index contributed by atoms with van der Waals surface area (Å²) in [7, 11) is 1.65. The van der Waals surface area contributed by atoms with Gasteiger partial charge in [0.15, 0.2) is 0 Å². The van der Waals surface area contributed by atoms with Gasteiger partial charge in [0.1, 0.15) is 0 Å². The molecule has 88 valence electrons. The van der Waals surface area contributed by atoms with Crippen LogP contribution in [0.2, 0.25) is 0 Å². The molecule has 1 N–H and O–H groups in total. The predicted octanol–water partition coefficient (Wildman–Crippen LogP) is 0.884. The summed E-state index contributed by atoms with van der Waals surface area (Å²) in [6.45, 7) is 6.35. The first kappa shape index (κ1) is 11.4. The third-order valence-corrected chi connectivity index (χ3v) is 2.83. The Morgan fingerprint density at radius 2 is 2.44 bits per heavy atom. The van der Waals surface area contributed by atoms with E-state index in [-0.39, 0.29) is 0 Å². The number of ether oxygens (including phenoxy) is 1. The lowest BCUT2D eigenvalue weighted by molar-refractivity contribution is 0.197. The molecule has 16 heavy (non-hydrogen) atoms. The third kappa shape index (κ3) is 2.93. The first-order chi connectivity index (χ1) is 7.78. The molecule has 1 aliphatic rings. The Morgan fingerprint density at radius 1 is 1.56 bits per heavy atom. The molecular weight excluding hydrogens is 202 g/mol. The van der Waals surface area contributed by atoms with E-state index >= 15 is 0 Å². The monoisotopic (exact) mass is 221 g/mol. The maximum atomic E-state index is 5.12. The van der Waals surface area contributed by atoms with Crippen molar-refractivity contribution in [1.29, 1.82) is 0 Å². The number of nitrogens with zero attached hydrogens (tertiary/aromatic N) is 2. The standard InChI is InChI=1S/C12H19N3O/c1-10-8-15(7-6-13-10)9-11-4-3-5-12(14-11)16-2/h3-5,10,13H,6-9H2,1-2H3/t10-/m0/s1. The van der Waals surface area contributed by atoms with Crippen molar-refractivity contribution in [2.75, 3.05) is 26.7 Å². The van der Waals surface area contributed by atoms with E-state index in [1.807, 2.05) is 12.1 Å². The minimum atomic E-state index is 0.569. The molecular formula is C12H19N3O. The maximum absolute atomic E-state index is 5.12. The van der Waals surface area contributed by atoms with Gasteiger partial charge in [-0.05, 0) is 13.0 Å². The number of hydrogen-bond donors (Lipinski definition) is 1. The Kier molecular flexibility index (Phi) is 3.74. The van der Waals surface area contributed by atoms with Crippen LogP contribution in [0.25, 0.3) is 0 Å². The zero-order valence-corrected chi connectivity index (χ0v) is 9.94. The highest BCUT2D eigenvalue weighted by Gasteiger charge is 2.15. The van der Waals surface area contributed by atoms with Crippen LogP contribution in [0.15, 0.2) is 18.2 Å². The van der Waals surface area contributed by atoms with Crippen LogP contribution in [0.3, 0.4) is 0 Å². The number of hydrogen-bond acceptors (Lipinski definition) is 4. The molecule has 2 heterocycles. The van der Waals surface area contributed by atoms with Crippen molar-refractivity contribution in [3.8, 4) is 5.88 Å². The van der Waals surface area contributed by atoms with Crippen molar-refractivity contribution < 1.29 is 4.74 Å². The largest absolute Gasteiger partial charge is 0.481 e. The van der Waals surface area contributed by atoms with Gasteiger partial charge in [0.2, 0.25) is 5.88 Å². The van der Waals surface area contributed by atoms with Gasteiger partial charge in [0, 0.05) is 38.3 Å². The van der Waals surface area contributed by atoms with E-state index in [4.69, 9.17) is 4.74 Å². The quantitative estimate of drug-likeness (QED) is 0.822. The predicted molar refractivity (Wildman–Crippen MR) is 63.5 cm³/mol. The minimum absolute atomic E-state index is 0.569. The molecule has 4 heteroatoms. The highest BCUT2D eigenvalue weighted by atomic mass is 16.5. The lowest BCUT2D eigenvalue weighted by Crippen LogP contribution is -2.48. The zero-order chi connectivity index (χ0) is 11.4. The van der Waals surface area contributed by atoms with Crippen molar-refractivity contribution in [1.82, 2.24) is 15.2 Å². The minimum Gasteiger partial charge on any atom is -0.481 e. The normalized spacial score (nSPS) is 22.0. The molecule has 0 aromatic carbocycles. The van der Waals surface area contributed by atoms with Gasteiger partial charge in [-0.25, -0.2) is 4.98 Å². The molecule has 0 amide bonds. The fraction of sp³-hybridized carbons (Fsp3) is 0.583. The second-order valence-corrected chi connectivity index (χ2v) is 4.26. The van der Waals surface area contributed by atoms with Crippen LogP contribution in [-0.4, -0.2) is 42.7 Å². The number of rotatable bonds is 3. The average Bonchev–Trinajstić information content (AvgIpc) is 2.29. The van der Waals surface area contributed by atoms with E-state index in [9.17, 15) is 0 Å². The smallest absolute Gasteiger partial charge is 0.213 e. The topological polar surface area (TPSA) is 37.4 Å². The van der Waals surface area contributed by atoms with Gasteiger partial charge in [-0.2, -0.15) is 0 Å². The number of piperazine rings is 1. The van der Waals surface area contributed by atoms with Gasteiger partial charge in [-0.1, -0.05) is 6.07 Å². The fourth-order valence-corrected chi connectivity index (χ4v) is 2.04. The van der Waals surface area contributed by atoms with Gasteiger partial charge in [-0.3, -0.25) is 4.90 Å². The molecule has 1 saturated heterocycles. The molecule has 4 nitrogen and oxygen atoms in total. The van der Waals surface area contributed by atoms with E-state index in [0.717, 1.165) is 31.9 Å². The Hall–Kier alpha value is -1.13. The second kappa shape index (κ2) is 5.27. The van der Waals surface area contributed by atoms with Crippen molar-refractivity contribution in [2.24, 2.45) is 0 Å². The van der Waals surface area contributed by atoms with Crippen molar-refractivity contribution in [3.05, 3.63) is 23.9 Å². The van der Waals surface area contributed by atoms with Crippen molar-refractivity contribution in [2.45, 2.75) is 19.5 Å². The highest BCUT2D eigenvalue weighted by molar-refractivity contribution is 5.15. The molecule has 1 fully saturated rings. The summed E-state index contributed by atoms with van der Waals surface area (Å²) in [5.41, 5.74) is 1.08. The van der Waals surface area contributed by atoms with Crippen molar-refractivity contribution in [3.63, 3.8) is 0 Å². The summed E-state index contributed by atoms with van der Waals surface area (Å²) in [6, 6.07) is 6.49. The van der Waals surface area contributed by atoms with Crippen LogP contribution >= 0.6 is 0 Å². The number of aromatic nitrogens is 1. The molecule has 2 rings (SSSR count). The summed E-state index contributed by atoms with van der Waals surface area (Å²) in [6.07, 6.45) is 0. The molecule has 0 aliphatic carbocycles. The van der Waals surface area contributed by atoms with E-state index in [1.54, 1.807) is 7.11 Å². The number of nitrogens with one attached hydrogen (secondary N) is 1. The third-order valence-electron chi connectivity index (χ3n) is 2.83. The Balaban J connectivity index is 1.97. The van der Waals surface area contributed by atoms with Gasteiger partial charge >= 0.3 is 0 Å². The lowest BCUT2D eigenvalue weighted by atomic mass is 10.2. The lowest BCUT2D eigenvalue weighted by Gasteiger charge is -2.31. The second-order valence-electron chi connectivity index (χ2n) is 4.26. The Bertz CT molecular complexity index is 343. The van der Waals surface area contributed by atoms with Crippen LogP contribution in [0.4, 0.5) is 0 Å². The maximum Gasteiger partial charge on any atom is 0.213 e. The molecule has 1 aromatic rings. The van der Waals surface area contributed by atoms with E-state index < -0.39 is 0 Å². The average molecular weight is 221 g/mol. The van der Waals surface area contributed by atoms with Crippen LogP contribution in [-0.2, 0) is 6.54 Å². The first-order valence-electron chi connectivity index (χ1n) is 5.73.